The molecule has 0 saturated carbocycles. The highest BCUT2D eigenvalue weighted by atomic mass is 19.4. The van der Waals surface area contributed by atoms with Crippen molar-refractivity contribution in [3.63, 3.8) is 0 Å². The number of hydrogen-bond acceptors (Lipinski definition) is 3. The Kier molecular flexibility index (Phi) is 4.16. The highest BCUT2D eigenvalue weighted by Gasteiger charge is 2.30. The van der Waals surface area contributed by atoms with Crippen LogP contribution in [-0.4, -0.2) is 9.97 Å². The van der Waals surface area contributed by atoms with Gasteiger partial charge in [-0.25, -0.2) is 9.97 Å². The van der Waals surface area contributed by atoms with E-state index < -0.39 is 11.7 Å². The molecule has 0 aliphatic carbocycles. The molecule has 0 unspecified atom stereocenters. The van der Waals surface area contributed by atoms with Crippen molar-refractivity contribution in [3.8, 4) is 0 Å². The van der Waals surface area contributed by atoms with Crippen molar-refractivity contribution in [1.29, 1.82) is 0 Å². The van der Waals surface area contributed by atoms with Gasteiger partial charge in [-0.2, -0.15) is 13.2 Å². The Labute approximate surface area is 121 Å². The highest BCUT2D eigenvalue weighted by molar-refractivity contribution is 5.33. The van der Waals surface area contributed by atoms with Gasteiger partial charge in [-0.3, -0.25) is 0 Å². The van der Waals surface area contributed by atoms with E-state index in [0.717, 1.165) is 17.8 Å². The van der Waals surface area contributed by atoms with Gasteiger partial charge in [0.1, 0.15) is 11.6 Å². The summed E-state index contributed by atoms with van der Waals surface area (Å²) in [6.45, 7) is 3.94. The minimum atomic E-state index is -4.35. The van der Waals surface area contributed by atoms with E-state index in [1.54, 1.807) is 12.1 Å². The second-order valence-electron chi connectivity index (χ2n) is 5.16. The molecule has 0 aliphatic heterocycles. The molecular weight excluding hydrogens is 279 g/mol. The van der Waals surface area contributed by atoms with Crippen LogP contribution in [0, 0.1) is 0 Å². The quantitative estimate of drug-likeness (QED) is 0.937. The second kappa shape index (κ2) is 5.71. The first-order valence-corrected chi connectivity index (χ1v) is 6.55. The van der Waals surface area contributed by atoms with Crippen LogP contribution in [0.25, 0.3) is 0 Å². The molecular formula is C15H16F3N3. The van der Waals surface area contributed by atoms with Gasteiger partial charge in [0.15, 0.2) is 0 Å². The zero-order valence-electron chi connectivity index (χ0n) is 11.8. The summed E-state index contributed by atoms with van der Waals surface area (Å²) in [5.41, 5.74) is 6.33. The number of halogens is 3. The maximum absolute atomic E-state index is 12.7. The van der Waals surface area contributed by atoms with Crippen LogP contribution in [0.2, 0.25) is 0 Å². The highest BCUT2D eigenvalue weighted by Crippen LogP contribution is 2.29. The van der Waals surface area contributed by atoms with Gasteiger partial charge in [-0.05, 0) is 17.5 Å². The average molecular weight is 295 g/mol. The molecule has 0 bridgehead atoms. The maximum atomic E-state index is 12.7. The summed E-state index contributed by atoms with van der Waals surface area (Å²) >= 11 is 0. The number of nitrogen functional groups attached to an aromatic ring is 1. The van der Waals surface area contributed by atoms with E-state index >= 15 is 0 Å². The predicted molar refractivity (Wildman–Crippen MR) is 74.8 cm³/mol. The number of anilines is 1. The lowest BCUT2D eigenvalue weighted by atomic mass is 10.1. The summed E-state index contributed by atoms with van der Waals surface area (Å²) in [6.07, 6.45) is -4.13. The summed E-state index contributed by atoms with van der Waals surface area (Å²) in [7, 11) is 0. The van der Waals surface area contributed by atoms with Gasteiger partial charge in [-0.15, -0.1) is 0 Å². The van der Waals surface area contributed by atoms with Crippen molar-refractivity contribution in [2.75, 3.05) is 5.73 Å². The fourth-order valence-electron chi connectivity index (χ4n) is 1.95. The summed E-state index contributed by atoms with van der Waals surface area (Å²) in [6, 6.07) is 6.84. The molecule has 0 saturated heterocycles. The molecule has 2 N–H and O–H groups in total. The van der Waals surface area contributed by atoms with Crippen molar-refractivity contribution in [2.24, 2.45) is 0 Å². The van der Waals surface area contributed by atoms with Crippen molar-refractivity contribution in [3.05, 3.63) is 53.0 Å². The number of alkyl halides is 3. The second-order valence-corrected chi connectivity index (χ2v) is 5.16. The van der Waals surface area contributed by atoms with Gasteiger partial charge in [-0.1, -0.05) is 32.0 Å². The number of aromatic nitrogens is 2. The molecule has 1 heterocycles. The number of hydrogen-bond donors (Lipinski definition) is 1. The summed E-state index contributed by atoms with van der Waals surface area (Å²) in [5.74, 6) is 0.934. The van der Waals surface area contributed by atoms with Gasteiger partial charge < -0.3 is 5.73 Å². The number of benzene rings is 1. The van der Waals surface area contributed by atoms with E-state index in [-0.39, 0.29) is 12.3 Å². The lowest BCUT2D eigenvalue weighted by Crippen LogP contribution is -2.07. The molecule has 21 heavy (non-hydrogen) atoms. The molecule has 0 fully saturated rings. The molecule has 3 nitrogen and oxygen atoms in total. The maximum Gasteiger partial charge on any atom is 0.416 e. The molecule has 1 aromatic heterocycles. The van der Waals surface area contributed by atoms with Crippen LogP contribution in [0.15, 0.2) is 30.3 Å². The molecule has 0 aliphatic rings. The third-order valence-corrected chi connectivity index (χ3v) is 3.02. The Balaban J connectivity index is 2.30. The fourth-order valence-corrected chi connectivity index (χ4v) is 1.95. The standard InChI is InChI=1S/C15H16F3N3/c1-9(2)12-8-13(19)21-14(20-12)7-10-4-3-5-11(6-10)15(16,17)18/h3-6,8-9H,7H2,1-2H3,(H2,19,20,21). The molecule has 1 aromatic carbocycles. The summed E-state index contributed by atoms with van der Waals surface area (Å²) in [4.78, 5) is 8.44. The Hall–Kier alpha value is -2.11. The van der Waals surface area contributed by atoms with E-state index in [9.17, 15) is 13.2 Å². The first-order chi connectivity index (χ1) is 9.75. The third-order valence-electron chi connectivity index (χ3n) is 3.02. The summed E-state index contributed by atoms with van der Waals surface area (Å²) < 4.78 is 38.1. The molecule has 0 radical (unpaired) electrons. The van der Waals surface area contributed by atoms with Gasteiger partial charge >= 0.3 is 6.18 Å². The van der Waals surface area contributed by atoms with E-state index in [1.165, 1.54) is 6.07 Å². The number of rotatable bonds is 3. The van der Waals surface area contributed by atoms with Crippen LogP contribution in [0.5, 0.6) is 0 Å². The molecule has 0 spiro atoms. The lowest BCUT2D eigenvalue weighted by molar-refractivity contribution is -0.137. The van der Waals surface area contributed by atoms with Crippen molar-refractivity contribution < 1.29 is 13.2 Å². The van der Waals surface area contributed by atoms with Crippen LogP contribution >= 0.6 is 0 Å². The zero-order valence-corrected chi connectivity index (χ0v) is 11.8. The Bertz CT molecular complexity index is 636. The molecule has 2 rings (SSSR count). The third kappa shape index (κ3) is 3.93. The minimum Gasteiger partial charge on any atom is -0.384 e. The van der Waals surface area contributed by atoms with Crippen LogP contribution in [0.1, 0.15) is 42.4 Å². The predicted octanol–water partition coefficient (Wildman–Crippen LogP) is 3.79. The molecule has 6 heteroatoms. The van der Waals surface area contributed by atoms with Gasteiger partial charge in [0.2, 0.25) is 0 Å². The Morgan fingerprint density at radius 2 is 1.86 bits per heavy atom. The lowest BCUT2D eigenvalue weighted by Gasteiger charge is -2.10. The van der Waals surface area contributed by atoms with Gasteiger partial charge in [0, 0.05) is 18.2 Å². The Morgan fingerprint density at radius 3 is 2.48 bits per heavy atom. The Morgan fingerprint density at radius 1 is 1.14 bits per heavy atom. The van der Waals surface area contributed by atoms with Crippen LogP contribution in [-0.2, 0) is 12.6 Å². The summed E-state index contributed by atoms with van der Waals surface area (Å²) in [5, 5.41) is 0. The fraction of sp³-hybridized carbons (Fsp3) is 0.333. The molecule has 112 valence electrons. The van der Waals surface area contributed by atoms with Crippen LogP contribution in [0.3, 0.4) is 0 Å². The molecule has 2 aromatic rings. The van der Waals surface area contributed by atoms with Gasteiger partial charge in [0.05, 0.1) is 5.56 Å². The largest absolute Gasteiger partial charge is 0.416 e. The van der Waals surface area contributed by atoms with Crippen LogP contribution < -0.4 is 5.73 Å². The smallest absolute Gasteiger partial charge is 0.384 e. The van der Waals surface area contributed by atoms with Crippen molar-refractivity contribution >= 4 is 5.82 Å². The average Bonchev–Trinajstić information content (AvgIpc) is 2.37. The minimum absolute atomic E-state index is 0.176. The van der Waals surface area contributed by atoms with E-state index in [1.807, 2.05) is 13.8 Å². The normalized spacial score (nSPS) is 11.9. The zero-order chi connectivity index (χ0) is 15.6. The van der Waals surface area contributed by atoms with E-state index in [4.69, 9.17) is 5.73 Å². The monoisotopic (exact) mass is 295 g/mol. The van der Waals surface area contributed by atoms with Crippen LogP contribution in [0.4, 0.5) is 19.0 Å². The topological polar surface area (TPSA) is 51.8 Å². The van der Waals surface area contributed by atoms with E-state index in [0.29, 0.717) is 17.2 Å². The number of nitrogens with zero attached hydrogens (tertiary/aromatic N) is 2. The first kappa shape index (κ1) is 15.3. The molecule has 0 amide bonds. The van der Waals surface area contributed by atoms with Crippen molar-refractivity contribution in [2.45, 2.75) is 32.4 Å². The van der Waals surface area contributed by atoms with Crippen molar-refractivity contribution in [1.82, 2.24) is 9.97 Å². The SMILES string of the molecule is CC(C)c1cc(N)nc(Cc2cccc(C(F)(F)F)c2)n1. The molecule has 0 atom stereocenters. The van der Waals surface area contributed by atoms with Gasteiger partial charge in [0.25, 0.3) is 0 Å². The van der Waals surface area contributed by atoms with E-state index in [2.05, 4.69) is 9.97 Å². The number of nitrogens with two attached hydrogens (primary N) is 1. The first-order valence-electron chi connectivity index (χ1n) is 6.55.